The third kappa shape index (κ3) is 5.52. The van der Waals surface area contributed by atoms with Crippen molar-refractivity contribution in [1.29, 1.82) is 0 Å². The molecule has 1 amide bonds. The van der Waals surface area contributed by atoms with Crippen LogP contribution in [0.15, 0.2) is 53.1 Å². The molecule has 0 bridgehead atoms. The highest BCUT2D eigenvalue weighted by Crippen LogP contribution is 2.33. The summed E-state index contributed by atoms with van der Waals surface area (Å²) < 4.78 is 22.1. The van der Waals surface area contributed by atoms with Crippen molar-refractivity contribution in [2.24, 2.45) is 0 Å². The van der Waals surface area contributed by atoms with Crippen molar-refractivity contribution in [3.05, 3.63) is 76.5 Å². The molecule has 1 fully saturated rings. The fraction of sp³-hybridized carbons (Fsp3) is 0.360. The molecule has 0 radical (unpaired) electrons. The molecule has 2 aromatic carbocycles. The maximum Gasteiger partial charge on any atom is 0.273 e. The number of carbonyl (C=O) groups is 1. The molecule has 3 heterocycles. The molecule has 1 unspecified atom stereocenters. The summed E-state index contributed by atoms with van der Waals surface area (Å²) >= 11 is 6.42. The number of fused-ring (bicyclic) bond motifs is 1. The number of benzene rings is 2. The molecule has 1 aromatic heterocycles. The Bertz CT molecular complexity index is 1150. The molecule has 0 spiro atoms. The first-order valence-corrected chi connectivity index (χ1v) is 11.7. The molecule has 8 nitrogen and oxygen atoms in total. The van der Waals surface area contributed by atoms with Gasteiger partial charge in [0.1, 0.15) is 6.26 Å². The number of ether oxygens (including phenoxy) is 3. The van der Waals surface area contributed by atoms with Crippen molar-refractivity contribution in [3.8, 4) is 11.5 Å². The number of hydrogen-bond donors (Lipinski definition) is 1. The zero-order chi connectivity index (χ0) is 23.3. The van der Waals surface area contributed by atoms with E-state index in [1.807, 2.05) is 42.5 Å². The Morgan fingerprint density at radius 2 is 2.00 bits per heavy atom. The second kappa shape index (κ2) is 10.5. The van der Waals surface area contributed by atoms with E-state index < -0.39 is 0 Å². The first-order valence-electron chi connectivity index (χ1n) is 11.3. The Morgan fingerprint density at radius 3 is 2.85 bits per heavy atom. The van der Waals surface area contributed by atoms with E-state index in [4.69, 9.17) is 30.2 Å². The normalized spacial score (nSPS) is 16.8. The van der Waals surface area contributed by atoms with E-state index in [9.17, 15) is 4.79 Å². The van der Waals surface area contributed by atoms with Crippen molar-refractivity contribution in [1.82, 2.24) is 15.2 Å². The number of nitrogens with zero attached hydrogens (tertiary/aromatic N) is 2. The molecule has 0 saturated carbocycles. The highest BCUT2D eigenvalue weighted by Gasteiger charge is 2.20. The zero-order valence-electron chi connectivity index (χ0n) is 18.7. The van der Waals surface area contributed by atoms with Gasteiger partial charge >= 0.3 is 0 Å². The number of nitrogens with one attached hydrogen (secondary N) is 1. The molecule has 2 aliphatic heterocycles. The van der Waals surface area contributed by atoms with Crippen LogP contribution in [0, 0.1) is 0 Å². The molecule has 2 aliphatic rings. The quantitative estimate of drug-likeness (QED) is 0.489. The van der Waals surface area contributed by atoms with Gasteiger partial charge in [-0.25, -0.2) is 4.98 Å². The van der Waals surface area contributed by atoms with Crippen LogP contribution < -0.4 is 14.8 Å². The Hall–Kier alpha value is -3.07. The summed E-state index contributed by atoms with van der Waals surface area (Å²) in [7, 11) is 0. The number of rotatable bonds is 9. The van der Waals surface area contributed by atoms with Crippen LogP contribution in [0.1, 0.15) is 40.3 Å². The fourth-order valence-corrected chi connectivity index (χ4v) is 4.31. The smallest absolute Gasteiger partial charge is 0.273 e. The number of amides is 1. The number of carbonyl (C=O) groups excluding carboxylic acids is 1. The van der Waals surface area contributed by atoms with Gasteiger partial charge in [-0.15, -0.1) is 0 Å². The lowest BCUT2D eigenvalue weighted by atomic mass is 10.1. The van der Waals surface area contributed by atoms with Gasteiger partial charge in [0.15, 0.2) is 17.2 Å². The van der Waals surface area contributed by atoms with Crippen LogP contribution in [-0.4, -0.2) is 41.8 Å². The average Bonchev–Trinajstić information content (AvgIpc) is 3.61. The van der Waals surface area contributed by atoms with E-state index in [2.05, 4.69) is 15.2 Å². The molecule has 178 valence electrons. The summed E-state index contributed by atoms with van der Waals surface area (Å²) in [6, 6.07) is 13.6. The molecule has 34 heavy (non-hydrogen) atoms. The summed E-state index contributed by atoms with van der Waals surface area (Å²) in [6.45, 7) is 3.04. The number of hydrogen-bond acceptors (Lipinski definition) is 7. The lowest BCUT2D eigenvalue weighted by Crippen LogP contribution is -2.32. The summed E-state index contributed by atoms with van der Waals surface area (Å²) in [5.74, 6) is 1.67. The minimum Gasteiger partial charge on any atom is -0.454 e. The summed E-state index contributed by atoms with van der Waals surface area (Å²) in [6.07, 6.45) is 3.46. The minimum atomic E-state index is -0.265. The predicted octanol–water partition coefficient (Wildman–Crippen LogP) is 4.17. The van der Waals surface area contributed by atoms with E-state index in [1.165, 1.54) is 6.26 Å². The molecule has 5 rings (SSSR count). The lowest BCUT2D eigenvalue weighted by molar-refractivity contribution is 0.0853. The Morgan fingerprint density at radius 1 is 1.12 bits per heavy atom. The van der Waals surface area contributed by atoms with Crippen molar-refractivity contribution in [3.63, 3.8) is 0 Å². The van der Waals surface area contributed by atoms with Crippen LogP contribution in [0.3, 0.4) is 0 Å². The molecule has 1 atom stereocenters. The van der Waals surface area contributed by atoms with Gasteiger partial charge < -0.3 is 23.9 Å². The fourth-order valence-electron chi connectivity index (χ4n) is 4.11. The van der Waals surface area contributed by atoms with Crippen LogP contribution in [0.2, 0.25) is 5.02 Å². The average molecular weight is 484 g/mol. The second-order valence-electron chi connectivity index (χ2n) is 8.40. The van der Waals surface area contributed by atoms with E-state index in [1.54, 1.807) is 0 Å². The molecule has 9 heteroatoms. The minimum absolute atomic E-state index is 0.0723. The first kappa shape index (κ1) is 22.7. The maximum atomic E-state index is 12.5. The Labute approximate surface area is 202 Å². The standard InChI is InChI=1S/C25H26ClN3O5/c26-20-6-2-1-4-18(20)13-29(12-17-7-8-22-23(10-17)34-16-33-22)14-24-28-21(15-32-24)25(30)27-11-19-5-3-9-31-19/h1-2,4,6-8,10,15,19H,3,5,9,11-14,16H2,(H,27,30). The second-order valence-corrected chi connectivity index (χ2v) is 8.80. The highest BCUT2D eigenvalue weighted by atomic mass is 35.5. The topological polar surface area (TPSA) is 86.1 Å². The maximum absolute atomic E-state index is 12.5. The van der Waals surface area contributed by atoms with Gasteiger partial charge in [-0.05, 0) is 42.2 Å². The van der Waals surface area contributed by atoms with Crippen LogP contribution in [0.25, 0.3) is 0 Å². The van der Waals surface area contributed by atoms with Gasteiger partial charge in [0.25, 0.3) is 5.91 Å². The van der Waals surface area contributed by atoms with E-state index in [-0.39, 0.29) is 24.5 Å². The third-order valence-corrected chi connectivity index (χ3v) is 6.22. The van der Waals surface area contributed by atoms with Gasteiger partial charge in [-0.3, -0.25) is 9.69 Å². The molecular weight excluding hydrogens is 458 g/mol. The van der Waals surface area contributed by atoms with Crippen LogP contribution in [0.4, 0.5) is 0 Å². The number of aromatic nitrogens is 1. The predicted molar refractivity (Wildman–Crippen MR) is 125 cm³/mol. The SMILES string of the molecule is O=C(NCC1CCCO1)c1coc(CN(Cc2ccc3c(c2)OCO3)Cc2ccccc2Cl)n1. The van der Waals surface area contributed by atoms with Crippen LogP contribution in [-0.2, 0) is 24.4 Å². The first-order chi connectivity index (χ1) is 16.6. The highest BCUT2D eigenvalue weighted by molar-refractivity contribution is 6.31. The van der Waals surface area contributed by atoms with Crippen molar-refractivity contribution in [2.45, 2.75) is 38.6 Å². The summed E-state index contributed by atoms with van der Waals surface area (Å²) in [4.78, 5) is 19.1. The van der Waals surface area contributed by atoms with E-state index in [0.29, 0.717) is 37.1 Å². The van der Waals surface area contributed by atoms with Gasteiger partial charge in [-0.2, -0.15) is 0 Å². The van der Waals surface area contributed by atoms with Gasteiger partial charge in [0, 0.05) is 31.3 Å². The zero-order valence-corrected chi connectivity index (χ0v) is 19.4. The lowest BCUT2D eigenvalue weighted by Gasteiger charge is -2.21. The molecule has 1 N–H and O–H groups in total. The summed E-state index contributed by atoms with van der Waals surface area (Å²) in [5, 5.41) is 3.57. The van der Waals surface area contributed by atoms with E-state index >= 15 is 0 Å². The number of halogens is 1. The molecular formula is C25H26ClN3O5. The van der Waals surface area contributed by atoms with Crippen molar-refractivity contribution >= 4 is 17.5 Å². The van der Waals surface area contributed by atoms with Crippen LogP contribution in [0.5, 0.6) is 11.5 Å². The van der Waals surface area contributed by atoms with Gasteiger partial charge in [0.05, 0.1) is 12.6 Å². The van der Waals surface area contributed by atoms with Gasteiger partial charge in [-0.1, -0.05) is 35.9 Å². The monoisotopic (exact) mass is 483 g/mol. The molecule has 3 aromatic rings. The Kier molecular flexibility index (Phi) is 6.99. The molecule has 0 aliphatic carbocycles. The van der Waals surface area contributed by atoms with Gasteiger partial charge in [0.2, 0.25) is 12.7 Å². The van der Waals surface area contributed by atoms with Crippen LogP contribution >= 0.6 is 11.6 Å². The largest absolute Gasteiger partial charge is 0.454 e. The van der Waals surface area contributed by atoms with E-state index in [0.717, 1.165) is 42.1 Å². The number of oxazole rings is 1. The third-order valence-electron chi connectivity index (χ3n) is 5.85. The summed E-state index contributed by atoms with van der Waals surface area (Å²) in [5.41, 5.74) is 2.30. The molecule has 1 saturated heterocycles. The van der Waals surface area contributed by atoms with Crippen molar-refractivity contribution < 1.29 is 23.4 Å². The Balaban J connectivity index is 1.28. The van der Waals surface area contributed by atoms with Crippen molar-refractivity contribution in [2.75, 3.05) is 19.9 Å².